The maximum Gasteiger partial charge on any atom is 0.219 e. The number of rotatable bonds is 1. The monoisotopic (exact) mass is 199 g/mol. The number of nitrogens with one attached hydrogen (secondary N) is 1. The summed E-state index contributed by atoms with van der Waals surface area (Å²) in [5, 5.41) is 3.18. The molecule has 0 radical (unpaired) electrons. The van der Waals surface area contributed by atoms with E-state index in [1.165, 1.54) is 0 Å². The normalized spacial score (nSPS) is 19.5. The summed E-state index contributed by atoms with van der Waals surface area (Å²) in [6.45, 7) is 5.86. The van der Waals surface area contributed by atoms with Gasteiger partial charge in [0.05, 0.1) is 0 Å². The summed E-state index contributed by atoms with van der Waals surface area (Å²) in [6.07, 6.45) is 0.839. The summed E-state index contributed by atoms with van der Waals surface area (Å²) in [6, 6.07) is 0. The maximum atomic E-state index is 11.2. The van der Waals surface area contributed by atoms with E-state index in [-0.39, 0.29) is 5.91 Å². The van der Waals surface area contributed by atoms with Gasteiger partial charge in [-0.25, -0.2) is 0 Å². The maximum absolute atomic E-state index is 11.2. The van der Waals surface area contributed by atoms with E-state index in [0.717, 1.165) is 32.6 Å². The Morgan fingerprint density at radius 3 is 2.57 bits per heavy atom. The second-order valence-corrected chi connectivity index (χ2v) is 3.40. The lowest BCUT2D eigenvalue weighted by Gasteiger charge is -2.22. The molecule has 0 aliphatic carbocycles. The highest BCUT2D eigenvalue weighted by molar-refractivity contribution is 5.73. The van der Waals surface area contributed by atoms with Crippen LogP contribution in [0.15, 0.2) is 0 Å². The zero-order valence-corrected chi connectivity index (χ0v) is 8.53. The number of carbonyl (C=O) groups is 2. The van der Waals surface area contributed by atoms with Crippen molar-refractivity contribution in [2.45, 2.75) is 6.92 Å². The fraction of sp³-hybridized carbons (Fsp3) is 0.778. The first kappa shape index (κ1) is 11.0. The molecule has 80 valence electrons. The van der Waals surface area contributed by atoms with Crippen LogP contribution < -0.4 is 5.32 Å². The molecule has 1 aliphatic rings. The third-order valence-corrected chi connectivity index (χ3v) is 2.39. The van der Waals surface area contributed by atoms with Gasteiger partial charge in [-0.2, -0.15) is 0 Å². The molecule has 1 rings (SSSR count). The minimum absolute atomic E-state index is 0.0690. The van der Waals surface area contributed by atoms with Gasteiger partial charge in [0, 0.05) is 46.2 Å². The van der Waals surface area contributed by atoms with Crippen molar-refractivity contribution in [3.63, 3.8) is 0 Å². The molecule has 1 heterocycles. The minimum Gasteiger partial charge on any atom is -0.342 e. The third kappa shape index (κ3) is 3.33. The molecule has 0 aromatic carbocycles. The van der Waals surface area contributed by atoms with Crippen LogP contribution in [0.2, 0.25) is 0 Å². The lowest BCUT2D eigenvalue weighted by molar-refractivity contribution is -0.129. The molecule has 0 aromatic heterocycles. The van der Waals surface area contributed by atoms with Crippen LogP contribution in [-0.2, 0) is 9.59 Å². The van der Waals surface area contributed by atoms with Crippen molar-refractivity contribution in [2.24, 2.45) is 0 Å². The summed E-state index contributed by atoms with van der Waals surface area (Å²) in [4.78, 5) is 25.2. The standard InChI is InChI=1S/C9H17N3O2/c1-9(14)12-5-3-10-2-4-11(8-13)6-7-12/h8,10H,2-7H2,1H3. The van der Waals surface area contributed by atoms with E-state index < -0.39 is 0 Å². The number of amides is 2. The van der Waals surface area contributed by atoms with Crippen molar-refractivity contribution in [1.82, 2.24) is 15.1 Å². The van der Waals surface area contributed by atoms with Gasteiger partial charge in [-0.15, -0.1) is 0 Å². The van der Waals surface area contributed by atoms with Crippen LogP contribution in [0.5, 0.6) is 0 Å². The molecule has 1 fully saturated rings. The van der Waals surface area contributed by atoms with E-state index >= 15 is 0 Å². The zero-order chi connectivity index (χ0) is 10.4. The lowest BCUT2D eigenvalue weighted by Crippen LogP contribution is -2.38. The molecule has 0 unspecified atom stereocenters. The number of carbonyl (C=O) groups excluding carboxylic acids is 2. The number of hydrogen-bond acceptors (Lipinski definition) is 3. The van der Waals surface area contributed by atoms with Crippen LogP contribution in [0.25, 0.3) is 0 Å². The topological polar surface area (TPSA) is 52.7 Å². The first-order valence-corrected chi connectivity index (χ1v) is 4.89. The Balaban J connectivity index is 2.48. The summed E-state index contributed by atoms with van der Waals surface area (Å²) in [7, 11) is 0. The average Bonchev–Trinajstić information content (AvgIpc) is 2.28. The first-order chi connectivity index (χ1) is 6.74. The van der Waals surface area contributed by atoms with Crippen LogP contribution in [0.3, 0.4) is 0 Å². The molecule has 5 heteroatoms. The van der Waals surface area contributed by atoms with E-state index in [4.69, 9.17) is 0 Å². The Hall–Kier alpha value is -1.10. The van der Waals surface area contributed by atoms with Crippen molar-refractivity contribution in [3.05, 3.63) is 0 Å². The third-order valence-electron chi connectivity index (χ3n) is 2.39. The molecule has 5 nitrogen and oxygen atoms in total. The number of nitrogens with zero attached hydrogens (tertiary/aromatic N) is 2. The molecular weight excluding hydrogens is 182 g/mol. The molecule has 0 spiro atoms. The quantitative estimate of drug-likeness (QED) is 0.545. The predicted octanol–water partition coefficient (Wildman–Crippen LogP) is -1.10. The van der Waals surface area contributed by atoms with E-state index in [1.807, 2.05) is 0 Å². The van der Waals surface area contributed by atoms with Crippen molar-refractivity contribution >= 4 is 12.3 Å². The average molecular weight is 199 g/mol. The molecule has 0 atom stereocenters. The highest BCUT2D eigenvalue weighted by Crippen LogP contribution is 1.93. The van der Waals surface area contributed by atoms with Gasteiger partial charge in [0.1, 0.15) is 0 Å². The predicted molar refractivity (Wildman–Crippen MR) is 52.8 cm³/mol. The van der Waals surface area contributed by atoms with Gasteiger partial charge in [-0.05, 0) is 0 Å². The van der Waals surface area contributed by atoms with Crippen LogP contribution >= 0.6 is 0 Å². The Kier molecular flexibility index (Phi) is 4.39. The highest BCUT2D eigenvalue weighted by atomic mass is 16.2. The molecule has 14 heavy (non-hydrogen) atoms. The fourth-order valence-electron chi connectivity index (χ4n) is 1.45. The van der Waals surface area contributed by atoms with Crippen molar-refractivity contribution in [1.29, 1.82) is 0 Å². The molecule has 0 aromatic rings. The Labute approximate surface area is 84.0 Å². The van der Waals surface area contributed by atoms with Gasteiger partial charge >= 0.3 is 0 Å². The van der Waals surface area contributed by atoms with Gasteiger partial charge in [-0.1, -0.05) is 0 Å². The molecule has 1 N–H and O–H groups in total. The minimum atomic E-state index is 0.0690. The summed E-state index contributed by atoms with van der Waals surface area (Å²) in [5.74, 6) is 0.0690. The van der Waals surface area contributed by atoms with Gasteiger partial charge in [0.15, 0.2) is 0 Å². The SMILES string of the molecule is CC(=O)N1CCNCCN(C=O)CC1. The smallest absolute Gasteiger partial charge is 0.219 e. The van der Waals surface area contributed by atoms with Crippen molar-refractivity contribution in [3.8, 4) is 0 Å². The second-order valence-electron chi connectivity index (χ2n) is 3.40. The van der Waals surface area contributed by atoms with E-state index in [0.29, 0.717) is 13.1 Å². The number of hydrogen-bond donors (Lipinski definition) is 1. The summed E-state index contributed by atoms with van der Waals surface area (Å²) >= 11 is 0. The molecule has 0 bridgehead atoms. The Bertz CT molecular complexity index is 208. The van der Waals surface area contributed by atoms with Crippen LogP contribution in [-0.4, -0.2) is 61.4 Å². The highest BCUT2D eigenvalue weighted by Gasteiger charge is 2.12. The molecule has 0 saturated carbocycles. The van der Waals surface area contributed by atoms with Gasteiger partial charge in [-0.3, -0.25) is 9.59 Å². The van der Waals surface area contributed by atoms with Crippen LogP contribution in [0.1, 0.15) is 6.92 Å². The van der Waals surface area contributed by atoms with Crippen LogP contribution in [0, 0.1) is 0 Å². The van der Waals surface area contributed by atoms with Gasteiger partial charge in [0.25, 0.3) is 0 Å². The van der Waals surface area contributed by atoms with Crippen LogP contribution in [0.4, 0.5) is 0 Å². The van der Waals surface area contributed by atoms with E-state index in [1.54, 1.807) is 16.7 Å². The summed E-state index contributed by atoms with van der Waals surface area (Å²) in [5.41, 5.74) is 0. The van der Waals surface area contributed by atoms with Crippen molar-refractivity contribution < 1.29 is 9.59 Å². The fourth-order valence-corrected chi connectivity index (χ4v) is 1.45. The molecule has 2 amide bonds. The van der Waals surface area contributed by atoms with Gasteiger partial charge in [0.2, 0.25) is 12.3 Å². The summed E-state index contributed by atoms with van der Waals surface area (Å²) < 4.78 is 0. The zero-order valence-electron chi connectivity index (χ0n) is 8.53. The molecule has 1 aliphatic heterocycles. The van der Waals surface area contributed by atoms with Gasteiger partial charge < -0.3 is 15.1 Å². The van der Waals surface area contributed by atoms with Crippen molar-refractivity contribution in [2.75, 3.05) is 39.3 Å². The Morgan fingerprint density at radius 2 is 1.93 bits per heavy atom. The molecule has 1 saturated heterocycles. The van der Waals surface area contributed by atoms with E-state index in [2.05, 4.69) is 5.32 Å². The molecular formula is C9H17N3O2. The lowest BCUT2D eigenvalue weighted by atomic mass is 10.4. The van der Waals surface area contributed by atoms with E-state index in [9.17, 15) is 9.59 Å². The Morgan fingerprint density at radius 1 is 1.21 bits per heavy atom. The first-order valence-electron chi connectivity index (χ1n) is 4.89. The second kappa shape index (κ2) is 5.59. The largest absolute Gasteiger partial charge is 0.342 e.